The summed E-state index contributed by atoms with van der Waals surface area (Å²) in [6.07, 6.45) is 2.02. The van der Waals surface area contributed by atoms with Crippen LogP contribution in [0.4, 0.5) is 0 Å². The molecule has 120 valence electrons. The molecule has 0 aromatic heterocycles. The number of benzene rings is 1. The van der Waals surface area contributed by atoms with E-state index in [-0.39, 0.29) is 17.9 Å². The predicted molar refractivity (Wildman–Crippen MR) is 84.9 cm³/mol. The van der Waals surface area contributed by atoms with E-state index in [1.54, 1.807) is 18.2 Å². The van der Waals surface area contributed by atoms with Crippen molar-refractivity contribution >= 4 is 23.5 Å². The van der Waals surface area contributed by atoms with E-state index in [4.69, 9.17) is 16.3 Å². The molecule has 5 nitrogen and oxygen atoms in total. The lowest BCUT2D eigenvalue weighted by Gasteiger charge is -2.33. The van der Waals surface area contributed by atoms with Crippen LogP contribution in [0.3, 0.4) is 0 Å². The minimum absolute atomic E-state index is 0.00225. The fraction of sp³-hybridized carbons (Fsp3) is 0.500. The van der Waals surface area contributed by atoms with Gasteiger partial charge in [0.2, 0.25) is 5.91 Å². The number of carbonyl (C=O) groups is 2. The number of esters is 1. The largest absolute Gasteiger partial charge is 0.465 e. The second kappa shape index (κ2) is 7.61. The summed E-state index contributed by atoms with van der Waals surface area (Å²) in [6.45, 7) is 3.93. The molecule has 1 aliphatic heterocycles. The quantitative estimate of drug-likeness (QED) is 0.863. The second-order valence-electron chi connectivity index (χ2n) is 5.57. The number of halogens is 1. The number of ether oxygens (including phenoxy) is 1. The van der Waals surface area contributed by atoms with Gasteiger partial charge in [0.25, 0.3) is 0 Å². The topological polar surface area (TPSA) is 58.6 Å². The fourth-order valence-corrected chi connectivity index (χ4v) is 2.96. The molecule has 0 spiro atoms. The van der Waals surface area contributed by atoms with E-state index in [1.165, 1.54) is 14.0 Å². The Morgan fingerprint density at radius 1 is 1.45 bits per heavy atom. The van der Waals surface area contributed by atoms with Gasteiger partial charge in [-0.15, -0.1) is 0 Å². The predicted octanol–water partition coefficient (Wildman–Crippen LogP) is 2.23. The summed E-state index contributed by atoms with van der Waals surface area (Å²) in [5, 5.41) is 3.60. The monoisotopic (exact) mass is 324 g/mol. The zero-order valence-corrected chi connectivity index (χ0v) is 13.7. The van der Waals surface area contributed by atoms with Crippen molar-refractivity contribution in [3.63, 3.8) is 0 Å². The molecule has 6 heteroatoms. The van der Waals surface area contributed by atoms with E-state index >= 15 is 0 Å². The Morgan fingerprint density at radius 2 is 2.23 bits per heavy atom. The van der Waals surface area contributed by atoms with Crippen LogP contribution in [-0.4, -0.2) is 43.0 Å². The summed E-state index contributed by atoms with van der Waals surface area (Å²) in [5.74, 6) is -0.370. The van der Waals surface area contributed by atoms with Crippen molar-refractivity contribution in [3.05, 3.63) is 34.3 Å². The van der Waals surface area contributed by atoms with Crippen LogP contribution in [0.1, 0.15) is 35.7 Å². The number of likely N-dealkylation sites (tertiary alicyclic amines) is 1. The van der Waals surface area contributed by atoms with Crippen molar-refractivity contribution in [2.24, 2.45) is 0 Å². The Hall–Kier alpha value is -1.59. The molecule has 1 N–H and O–H groups in total. The van der Waals surface area contributed by atoms with Crippen molar-refractivity contribution in [2.75, 3.05) is 20.2 Å². The van der Waals surface area contributed by atoms with Gasteiger partial charge in [0, 0.05) is 31.1 Å². The molecule has 1 fully saturated rings. The molecular weight excluding hydrogens is 304 g/mol. The highest BCUT2D eigenvalue weighted by Crippen LogP contribution is 2.22. The first-order valence-electron chi connectivity index (χ1n) is 7.36. The van der Waals surface area contributed by atoms with Crippen LogP contribution in [0.2, 0.25) is 5.02 Å². The van der Waals surface area contributed by atoms with Crippen molar-refractivity contribution in [1.29, 1.82) is 0 Å². The number of piperidine rings is 1. The molecule has 0 radical (unpaired) electrons. The summed E-state index contributed by atoms with van der Waals surface area (Å²) < 4.78 is 4.74. The van der Waals surface area contributed by atoms with Crippen molar-refractivity contribution < 1.29 is 14.3 Å². The Morgan fingerprint density at radius 3 is 2.91 bits per heavy atom. The number of hydrogen-bond acceptors (Lipinski definition) is 4. The van der Waals surface area contributed by atoms with E-state index < -0.39 is 0 Å². The summed E-state index contributed by atoms with van der Waals surface area (Å²) in [6, 6.07) is 5.33. The molecule has 0 unspecified atom stereocenters. The standard InChI is InChI=1S/C16H21ClN2O3/c1-11(20)18-14-4-3-7-19(10-14)9-13-8-12(16(21)22-2)5-6-15(13)17/h5-6,8,14H,3-4,7,9-10H2,1-2H3,(H,18,20)/t14-/m0/s1. The molecule has 1 amide bonds. The molecular formula is C16H21ClN2O3. The van der Waals surface area contributed by atoms with E-state index in [0.29, 0.717) is 17.1 Å². The highest BCUT2D eigenvalue weighted by Gasteiger charge is 2.21. The van der Waals surface area contributed by atoms with Crippen LogP contribution < -0.4 is 5.32 Å². The summed E-state index contributed by atoms with van der Waals surface area (Å²) in [7, 11) is 1.36. The molecule has 1 aliphatic rings. The van der Waals surface area contributed by atoms with E-state index in [2.05, 4.69) is 10.2 Å². The number of amides is 1. The molecule has 1 aromatic carbocycles. The third-order valence-corrected chi connectivity index (χ3v) is 4.14. The number of carbonyl (C=O) groups excluding carboxylic acids is 2. The number of hydrogen-bond donors (Lipinski definition) is 1. The molecule has 0 saturated carbocycles. The van der Waals surface area contributed by atoms with Crippen molar-refractivity contribution in [3.8, 4) is 0 Å². The van der Waals surface area contributed by atoms with Gasteiger partial charge >= 0.3 is 5.97 Å². The van der Waals surface area contributed by atoms with Gasteiger partial charge in [-0.1, -0.05) is 11.6 Å². The fourth-order valence-electron chi connectivity index (χ4n) is 2.79. The molecule has 0 bridgehead atoms. The average molecular weight is 325 g/mol. The van der Waals surface area contributed by atoms with Gasteiger partial charge in [0.05, 0.1) is 12.7 Å². The number of nitrogens with one attached hydrogen (secondary N) is 1. The lowest BCUT2D eigenvalue weighted by Crippen LogP contribution is -2.46. The third kappa shape index (κ3) is 4.45. The number of nitrogens with zero attached hydrogens (tertiary/aromatic N) is 1. The first-order valence-corrected chi connectivity index (χ1v) is 7.73. The van der Waals surface area contributed by atoms with Gasteiger partial charge in [-0.05, 0) is 43.1 Å². The molecule has 2 rings (SSSR count). The minimum Gasteiger partial charge on any atom is -0.465 e. The second-order valence-corrected chi connectivity index (χ2v) is 5.98. The lowest BCUT2D eigenvalue weighted by atomic mass is 10.0. The molecule has 1 heterocycles. The van der Waals surface area contributed by atoms with Crippen LogP contribution in [0.5, 0.6) is 0 Å². The number of rotatable bonds is 4. The summed E-state index contributed by atoms with van der Waals surface area (Å²) in [5.41, 5.74) is 1.39. The SMILES string of the molecule is COC(=O)c1ccc(Cl)c(CN2CCC[C@H](NC(C)=O)C2)c1. The summed E-state index contributed by atoms with van der Waals surface area (Å²) in [4.78, 5) is 25.0. The van der Waals surface area contributed by atoms with E-state index in [0.717, 1.165) is 31.5 Å². The highest BCUT2D eigenvalue weighted by molar-refractivity contribution is 6.31. The minimum atomic E-state index is -0.368. The Labute approximate surface area is 135 Å². The van der Waals surface area contributed by atoms with Gasteiger partial charge in [0.15, 0.2) is 0 Å². The zero-order chi connectivity index (χ0) is 16.1. The maximum absolute atomic E-state index is 11.6. The smallest absolute Gasteiger partial charge is 0.337 e. The molecule has 1 saturated heterocycles. The van der Waals surface area contributed by atoms with Gasteiger partial charge in [-0.3, -0.25) is 9.69 Å². The van der Waals surface area contributed by atoms with Gasteiger partial charge < -0.3 is 10.1 Å². The normalized spacial score (nSPS) is 18.8. The highest BCUT2D eigenvalue weighted by atomic mass is 35.5. The average Bonchev–Trinajstić information content (AvgIpc) is 2.48. The Bertz CT molecular complexity index is 562. The zero-order valence-electron chi connectivity index (χ0n) is 12.9. The molecule has 22 heavy (non-hydrogen) atoms. The first-order chi connectivity index (χ1) is 10.5. The van der Waals surface area contributed by atoms with Gasteiger partial charge in [0.1, 0.15) is 0 Å². The number of methoxy groups -OCH3 is 1. The van der Waals surface area contributed by atoms with Crippen LogP contribution in [0.15, 0.2) is 18.2 Å². The first kappa shape index (κ1) is 16.8. The summed E-state index contributed by atoms with van der Waals surface area (Å²) >= 11 is 6.24. The van der Waals surface area contributed by atoms with Crippen LogP contribution in [-0.2, 0) is 16.1 Å². The van der Waals surface area contributed by atoms with Crippen LogP contribution >= 0.6 is 11.6 Å². The van der Waals surface area contributed by atoms with Crippen LogP contribution in [0, 0.1) is 0 Å². The molecule has 0 aliphatic carbocycles. The van der Waals surface area contributed by atoms with E-state index in [1.807, 2.05) is 0 Å². The Kier molecular flexibility index (Phi) is 5.80. The molecule has 1 aromatic rings. The van der Waals surface area contributed by atoms with Gasteiger partial charge in [-0.2, -0.15) is 0 Å². The van der Waals surface area contributed by atoms with E-state index in [9.17, 15) is 9.59 Å². The maximum Gasteiger partial charge on any atom is 0.337 e. The van der Waals surface area contributed by atoms with Crippen molar-refractivity contribution in [2.45, 2.75) is 32.4 Å². The lowest BCUT2D eigenvalue weighted by molar-refractivity contribution is -0.120. The Balaban J connectivity index is 2.06. The van der Waals surface area contributed by atoms with Crippen molar-refractivity contribution in [1.82, 2.24) is 10.2 Å². The maximum atomic E-state index is 11.6. The third-order valence-electron chi connectivity index (χ3n) is 3.77. The van der Waals surface area contributed by atoms with Crippen LogP contribution in [0.25, 0.3) is 0 Å². The molecule has 1 atom stereocenters. The van der Waals surface area contributed by atoms with Gasteiger partial charge in [-0.25, -0.2) is 4.79 Å².